The van der Waals surface area contributed by atoms with Crippen molar-refractivity contribution in [3.63, 3.8) is 0 Å². The first-order chi connectivity index (χ1) is 9.52. The van der Waals surface area contributed by atoms with E-state index in [-0.39, 0.29) is 23.6 Å². The Kier molecular flexibility index (Phi) is 4.04. The zero-order valence-electron chi connectivity index (χ0n) is 11.8. The minimum absolute atomic E-state index is 0.115. The Bertz CT molecular complexity index is 462. The van der Waals surface area contributed by atoms with Crippen LogP contribution in [-0.2, 0) is 19.4 Å². The molecule has 1 saturated heterocycles. The number of esters is 1. The second-order valence-electron chi connectivity index (χ2n) is 6.45. The fourth-order valence-corrected chi connectivity index (χ4v) is 5.06. The first kappa shape index (κ1) is 14.3. The van der Waals surface area contributed by atoms with Crippen molar-refractivity contribution in [3.05, 3.63) is 0 Å². The number of hydrogen-bond acceptors (Lipinski definition) is 5. The third kappa shape index (κ3) is 3.34. The van der Waals surface area contributed by atoms with Crippen molar-refractivity contribution in [2.45, 2.75) is 38.2 Å². The van der Waals surface area contributed by atoms with Gasteiger partial charge in [0.1, 0.15) is 6.10 Å². The fourth-order valence-electron chi connectivity index (χ4n) is 3.78. The fraction of sp³-hybridized carbons (Fsp3) is 0.929. The van der Waals surface area contributed by atoms with Crippen molar-refractivity contribution in [2.24, 2.45) is 11.8 Å². The van der Waals surface area contributed by atoms with Crippen LogP contribution in [0.15, 0.2) is 0 Å². The van der Waals surface area contributed by atoms with Crippen LogP contribution in [0.25, 0.3) is 0 Å². The predicted octanol–water partition coefficient (Wildman–Crippen LogP) is 0.839. The average molecular weight is 301 g/mol. The standard InChI is InChI=1S/C14H23NO4S/c16-14(19-13-10-11-1-2-12(13)9-11)3-4-15-5-7-20(17,18)8-6-15/h11-13H,1-10H2. The number of carbonyl (C=O) groups is 1. The molecule has 3 rings (SSSR count). The molecule has 5 nitrogen and oxygen atoms in total. The van der Waals surface area contributed by atoms with E-state index < -0.39 is 9.84 Å². The van der Waals surface area contributed by atoms with Gasteiger partial charge in [0.25, 0.3) is 0 Å². The molecule has 3 aliphatic rings. The molecule has 2 aliphatic carbocycles. The topological polar surface area (TPSA) is 63.7 Å². The molecule has 1 heterocycles. The van der Waals surface area contributed by atoms with Crippen LogP contribution in [0.5, 0.6) is 0 Å². The van der Waals surface area contributed by atoms with Gasteiger partial charge in [0.2, 0.25) is 0 Å². The zero-order valence-corrected chi connectivity index (χ0v) is 12.6. The molecule has 0 radical (unpaired) electrons. The summed E-state index contributed by atoms with van der Waals surface area (Å²) in [6.07, 6.45) is 5.35. The van der Waals surface area contributed by atoms with Gasteiger partial charge in [-0.15, -0.1) is 0 Å². The monoisotopic (exact) mass is 301 g/mol. The lowest BCUT2D eigenvalue weighted by molar-refractivity contribution is -0.151. The summed E-state index contributed by atoms with van der Waals surface area (Å²) in [4.78, 5) is 13.9. The third-order valence-corrected chi connectivity index (χ3v) is 6.63. The normalized spacial score (nSPS) is 36.1. The molecule has 0 N–H and O–H groups in total. The van der Waals surface area contributed by atoms with E-state index in [9.17, 15) is 13.2 Å². The maximum Gasteiger partial charge on any atom is 0.307 e. The lowest BCUT2D eigenvalue weighted by Crippen LogP contribution is -2.41. The van der Waals surface area contributed by atoms with E-state index in [4.69, 9.17) is 4.74 Å². The van der Waals surface area contributed by atoms with Crippen LogP contribution in [-0.4, -0.2) is 56.5 Å². The van der Waals surface area contributed by atoms with Gasteiger partial charge in [-0.3, -0.25) is 4.79 Å². The highest BCUT2D eigenvalue weighted by molar-refractivity contribution is 7.91. The van der Waals surface area contributed by atoms with Crippen LogP contribution < -0.4 is 0 Å². The van der Waals surface area contributed by atoms with Crippen molar-refractivity contribution in [1.82, 2.24) is 4.90 Å². The van der Waals surface area contributed by atoms with Crippen molar-refractivity contribution in [1.29, 1.82) is 0 Å². The summed E-state index contributed by atoms with van der Waals surface area (Å²) in [5.41, 5.74) is 0. The second-order valence-corrected chi connectivity index (χ2v) is 8.75. The number of ether oxygens (including phenoxy) is 1. The molecule has 0 amide bonds. The molecule has 2 saturated carbocycles. The van der Waals surface area contributed by atoms with Crippen LogP contribution in [0.1, 0.15) is 32.1 Å². The number of carbonyl (C=O) groups excluding carboxylic acids is 1. The van der Waals surface area contributed by atoms with Crippen LogP contribution in [0.4, 0.5) is 0 Å². The van der Waals surface area contributed by atoms with Crippen LogP contribution in [0, 0.1) is 11.8 Å². The Morgan fingerprint density at radius 1 is 1.15 bits per heavy atom. The van der Waals surface area contributed by atoms with Gasteiger partial charge in [-0.05, 0) is 37.5 Å². The largest absolute Gasteiger partial charge is 0.462 e. The molecule has 0 aromatic rings. The number of nitrogens with zero attached hydrogens (tertiary/aromatic N) is 1. The Morgan fingerprint density at radius 2 is 1.90 bits per heavy atom. The van der Waals surface area contributed by atoms with Gasteiger partial charge < -0.3 is 9.64 Å². The summed E-state index contributed by atoms with van der Waals surface area (Å²) in [7, 11) is -2.84. The molecule has 3 unspecified atom stereocenters. The van der Waals surface area contributed by atoms with E-state index in [1.165, 1.54) is 19.3 Å². The molecule has 1 aliphatic heterocycles. The van der Waals surface area contributed by atoms with Crippen molar-refractivity contribution in [3.8, 4) is 0 Å². The summed E-state index contributed by atoms with van der Waals surface area (Å²) in [5.74, 6) is 1.70. The molecule has 0 spiro atoms. The van der Waals surface area contributed by atoms with Gasteiger partial charge >= 0.3 is 5.97 Å². The quantitative estimate of drug-likeness (QED) is 0.720. The van der Waals surface area contributed by atoms with E-state index in [0.717, 1.165) is 12.3 Å². The maximum atomic E-state index is 11.9. The Balaban J connectivity index is 1.37. The molecule has 0 aromatic carbocycles. The van der Waals surface area contributed by atoms with Crippen LogP contribution >= 0.6 is 0 Å². The van der Waals surface area contributed by atoms with E-state index in [2.05, 4.69) is 0 Å². The number of rotatable bonds is 4. The van der Waals surface area contributed by atoms with Crippen LogP contribution in [0.2, 0.25) is 0 Å². The summed E-state index contributed by atoms with van der Waals surface area (Å²) in [6.45, 7) is 1.71. The summed E-state index contributed by atoms with van der Waals surface area (Å²) < 4.78 is 28.2. The highest BCUT2D eigenvalue weighted by atomic mass is 32.2. The summed E-state index contributed by atoms with van der Waals surface area (Å²) in [5, 5.41) is 0. The summed E-state index contributed by atoms with van der Waals surface area (Å²) >= 11 is 0. The smallest absolute Gasteiger partial charge is 0.307 e. The van der Waals surface area contributed by atoms with Gasteiger partial charge in [-0.25, -0.2) is 8.42 Å². The molecule has 2 bridgehead atoms. The highest BCUT2D eigenvalue weighted by Gasteiger charge is 2.41. The molecular formula is C14H23NO4S. The third-order valence-electron chi connectivity index (χ3n) is 5.03. The van der Waals surface area contributed by atoms with Gasteiger partial charge in [-0.2, -0.15) is 0 Å². The average Bonchev–Trinajstić information content (AvgIpc) is 3.00. The van der Waals surface area contributed by atoms with Gasteiger partial charge in [0.05, 0.1) is 17.9 Å². The maximum absolute atomic E-state index is 11.9. The summed E-state index contributed by atoms with van der Waals surface area (Å²) in [6, 6.07) is 0. The lowest BCUT2D eigenvalue weighted by Gasteiger charge is -2.27. The van der Waals surface area contributed by atoms with Crippen molar-refractivity contribution < 1.29 is 17.9 Å². The SMILES string of the molecule is O=C(CCN1CCS(=O)(=O)CC1)OC1CC2CCC1C2. The number of hydrogen-bond donors (Lipinski definition) is 0. The van der Waals surface area contributed by atoms with Gasteiger partial charge in [0, 0.05) is 19.6 Å². The number of sulfone groups is 1. The first-order valence-corrected chi connectivity index (χ1v) is 9.46. The molecule has 114 valence electrons. The molecule has 20 heavy (non-hydrogen) atoms. The van der Waals surface area contributed by atoms with Crippen molar-refractivity contribution in [2.75, 3.05) is 31.1 Å². The van der Waals surface area contributed by atoms with E-state index in [0.29, 0.717) is 32.0 Å². The van der Waals surface area contributed by atoms with E-state index in [1.807, 2.05) is 4.90 Å². The molecule has 3 fully saturated rings. The second kappa shape index (κ2) is 5.64. The minimum Gasteiger partial charge on any atom is -0.462 e. The molecule has 3 atom stereocenters. The Hall–Kier alpha value is -0.620. The van der Waals surface area contributed by atoms with Gasteiger partial charge in [0.15, 0.2) is 9.84 Å². The minimum atomic E-state index is -2.84. The van der Waals surface area contributed by atoms with Crippen LogP contribution in [0.3, 0.4) is 0 Å². The first-order valence-electron chi connectivity index (χ1n) is 7.64. The Morgan fingerprint density at radius 3 is 2.50 bits per heavy atom. The van der Waals surface area contributed by atoms with Gasteiger partial charge in [-0.1, -0.05) is 0 Å². The predicted molar refractivity (Wildman–Crippen MR) is 75.0 cm³/mol. The van der Waals surface area contributed by atoms with E-state index >= 15 is 0 Å². The Labute approximate surface area is 120 Å². The van der Waals surface area contributed by atoms with E-state index in [1.54, 1.807) is 0 Å². The zero-order chi connectivity index (χ0) is 14.2. The lowest BCUT2D eigenvalue weighted by atomic mass is 9.98. The van der Waals surface area contributed by atoms with Crippen molar-refractivity contribution >= 4 is 15.8 Å². The highest BCUT2D eigenvalue weighted by Crippen LogP contribution is 2.45. The molecule has 0 aromatic heterocycles. The molecule has 6 heteroatoms. The molecular weight excluding hydrogens is 278 g/mol. The number of fused-ring (bicyclic) bond motifs is 2.